The first-order valence-electron chi connectivity index (χ1n) is 3.74. The highest BCUT2D eigenvalue weighted by Gasteiger charge is 2.22. The predicted octanol–water partition coefficient (Wildman–Crippen LogP) is -1.69. The molecule has 0 rings (SSSR count). The summed E-state index contributed by atoms with van der Waals surface area (Å²) in [5, 5.41) is 8.28. The third-order valence-electron chi connectivity index (χ3n) is 1.17. The Labute approximate surface area is 87.8 Å². The zero-order chi connectivity index (χ0) is 11.9. The number of aliphatic hydroxyl groups excluding tert-OH is 1. The number of nitrogens with zero attached hydrogens (tertiary/aromatic N) is 1. The van der Waals surface area contributed by atoms with Crippen molar-refractivity contribution in [2.75, 3.05) is 27.0 Å². The zero-order valence-corrected chi connectivity index (χ0v) is 8.86. The maximum atomic E-state index is 11.1. The molecule has 0 unspecified atom stereocenters. The van der Waals surface area contributed by atoms with Gasteiger partial charge in [-0.15, -0.1) is 10.7 Å². The molecule has 0 radical (unpaired) electrons. The van der Waals surface area contributed by atoms with E-state index in [1.807, 2.05) is 0 Å². The molecule has 8 heteroatoms. The van der Waals surface area contributed by atoms with Gasteiger partial charge in [-0.2, -0.15) is 8.42 Å². The molecule has 15 heavy (non-hydrogen) atoms. The maximum absolute atomic E-state index is 11.1. The van der Waals surface area contributed by atoms with Gasteiger partial charge in [0, 0.05) is 7.05 Å². The molecule has 0 amide bonds. The van der Waals surface area contributed by atoms with Crippen LogP contribution in [0, 0.1) is 12.3 Å². The van der Waals surface area contributed by atoms with Gasteiger partial charge >= 0.3 is 16.3 Å². The molecule has 7 nitrogen and oxygen atoms in total. The van der Waals surface area contributed by atoms with Gasteiger partial charge in [0.1, 0.15) is 19.9 Å². The highest BCUT2D eigenvalue weighted by atomic mass is 32.2. The Bertz CT molecular complexity index is 343. The van der Waals surface area contributed by atoms with E-state index in [2.05, 4.69) is 10.1 Å². The molecule has 0 atom stereocenters. The second kappa shape index (κ2) is 6.36. The normalized spacial score (nSPS) is 11.1. The Morgan fingerprint density at radius 2 is 2.20 bits per heavy atom. The van der Waals surface area contributed by atoms with E-state index in [1.165, 1.54) is 0 Å². The fourth-order valence-corrected chi connectivity index (χ4v) is 1.12. The SMILES string of the molecule is C#CCOCN(C)S(=O)(=O)OC(=O)CO. The molecule has 0 aromatic carbocycles. The molecule has 0 heterocycles. The van der Waals surface area contributed by atoms with Gasteiger partial charge in [-0.25, -0.2) is 4.79 Å². The lowest BCUT2D eigenvalue weighted by atomic mass is 10.8. The number of aliphatic hydroxyl groups is 1. The van der Waals surface area contributed by atoms with Gasteiger partial charge in [0.15, 0.2) is 0 Å². The molecular weight excluding hydrogens is 226 g/mol. The van der Waals surface area contributed by atoms with Crippen molar-refractivity contribution in [1.82, 2.24) is 4.31 Å². The Kier molecular flexibility index (Phi) is 5.88. The van der Waals surface area contributed by atoms with Gasteiger partial charge in [0.2, 0.25) is 0 Å². The van der Waals surface area contributed by atoms with E-state index >= 15 is 0 Å². The van der Waals surface area contributed by atoms with E-state index in [0.29, 0.717) is 4.31 Å². The highest BCUT2D eigenvalue weighted by Crippen LogP contribution is 2.00. The second-order valence-electron chi connectivity index (χ2n) is 2.35. The molecule has 0 saturated carbocycles. The fourth-order valence-electron chi connectivity index (χ4n) is 0.505. The average molecular weight is 237 g/mol. The van der Waals surface area contributed by atoms with Crippen molar-refractivity contribution in [2.24, 2.45) is 0 Å². The first-order valence-corrected chi connectivity index (χ1v) is 5.11. The summed E-state index contributed by atoms with van der Waals surface area (Å²) in [4.78, 5) is 10.5. The Balaban J connectivity index is 4.22. The van der Waals surface area contributed by atoms with Crippen LogP contribution in [-0.4, -0.2) is 50.8 Å². The van der Waals surface area contributed by atoms with Gasteiger partial charge < -0.3 is 14.0 Å². The molecule has 0 aliphatic heterocycles. The lowest BCUT2D eigenvalue weighted by Gasteiger charge is -2.14. The van der Waals surface area contributed by atoms with E-state index in [-0.39, 0.29) is 13.3 Å². The molecule has 0 aromatic heterocycles. The molecule has 0 fully saturated rings. The molecular formula is C7H11NO6S. The van der Waals surface area contributed by atoms with Gasteiger partial charge in [-0.3, -0.25) is 0 Å². The third-order valence-corrected chi connectivity index (χ3v) is 2.43. The summed E-state index contributed by atoms with van der Waals surface area (Å²) in [5.41, 5.74) is 0. The first kappa shape index (κ1) is 13.9. The third kappa shape index (κ3) is 5.34. The molecule has 0 saturated heterocycles. The molecule has 0 aliphatic carbocycles. The predicted molar refractivity (Wildman–Crippen MR) is 49.5 cm³/mol. The number of hydrogen-bond acceptors (Lipinski definition) is 6. The lowest BCUT2D eigenvalue weighted by molar-refractivity contribution is -0.137. The number of carbonyl (C=O) groups is 1. The minimum absolute atomic E-state index is 0.0617. The molecule has 0 aliphatic rings. The number of terminal acetylenes is 1. The maximum Gasteiger partial charge on any atom is 0.389 e. The van der Waals surface area contributed by atoms with Crippen LogP contribution in [0.5, 0.6) is 0 Å². The van der Waals surface area contributed by atoms with Gasteiger partial charge in [0.25, 0.3) is 0 Å². The quantitative estimate of drug-likeness (QED) is 0.336. The van der Waals surface area contributed by atoms with Crippen molar-refractivity contribution >= 4 is 16.3 Å². The monoisotopic (exact) mass is 237 g/mol. The minimum atomic E-state index is -4.22. The van der Waals surface area contributed by atoms with Crippen LogP contribution in [-0.2, 0) is 24.0 Å². The standard InChI is InChI=1S/C7H11NO6S/c1-3-4-13-6-8(2)15(11,12)14-7(10)5-9/h1,9H,4-6H2,2H3. The van der Waals surface area contributed by atoms with Crippen molar-refractivity contribution in [3.05, 3.63) is 0 Å². The van der Waals surface area contributed by atoms with Crippen LogP contribution in [0.2, 0.25) is 0 Å². The molecule has 86 valence electrons. The summed E-state index contributed by atoms with van der Waals surface area (Å²) in [6, 6.07) is 0. The average Bonchev–Trinajstić information content (AvgIpc) is 2.17. The van der Waals surface area contributed by atoms with Crippen LogP contribution in [0.15, 0.2) is 0 Å². The lowest BCUT2D eigenvalue weighted by Crippen LogP contribution is -2.33. The number of ether oxygens (including phenoxy) is 1. The number of carbonyl (C=O) groups excluding carboxylic acids is 1. The van der Waals surface area contributed by atoms with Crippen molar-refractivity contribution in [2.45, 2.75) is 0 Å². The van der Waals surface area contributed by atoms with Crippen molar-refractivity contribution < 1.29 is 27.2 Å². The van der Waals surface area contributed by atoms with E-state index in [9.17, 15) is 13.2 Å². The van der Waals surface area contributed by atoms with E-state index in [1.54, 1.807) is 0 Å². The van der Waals surface area contributed by atoms with Gasteiger partial charge in [-0.05, 0) is 0 Å². The molecule has 0 bridgehead atoms. The van der Waals surface area contributed by atoms with Crippen LogP contribution in [0.25, 0.3) is 0 Å². The molecule has 0 spiro atoms. The minimum Gasteiger partial charge on any atom is -0.385 e. The summed E-state index contributed by atoms with van der Waals surface area (Å²) in [7, 11) is -3.09. The Hall–Kier alpha value is -1.14. The number of hydrogen-bond donors (Lipinski definition) is 1. The smallest absolute Gasteiger partial charge is 0.385 e. The van der Waals surface area contributed by atoms with Crippen LogP contribution in [0.4, 0.5) is 0 Å². The second-order valence-corrected chi connectivity index (χ2v) is 4.00. The van der Waals surface area contributed by atoms with E-state index in [4.69, 9.17) is 16.3 Å². The van der Waals surface area contributed by atoms with Crippen LogP contribution < -0.4 is 0 Å². The topological polar surface area (TPSA) is 93.1 Å². The van der Waals surface area contributed by atoms with Gasteiger partial charge in [-0.1, -0.05) is 5.92 Å². The van der Waals surface area contributed by atoms with Crippen molar-refractivity contribution in [3.8, 4) is 12.3 Å². The van der Waals surface area contributed by atoms with Crippen molar-refractivity contribution in [3.63, 3.8) is 0 Å². The zero-order valence-electron chi connectivity index (χ0n) is 8.04. The fraction of sp³-hybridized carbons (Fsp3) is 0.571. The van der Waals surface area contributed by atoms with E-state index < -0.39 is 22.9 Å². The van der Waals surface area contributed by atoms with Crippen molar-refractivity contribution in [1.29, 1.82) is 0 Å². The molecule has 1 N–H and O–H groups in total. The summed E-state index contributed by atoms with van der Waals surface area (Å²) in [6.45, 7) is -1.42. The first-order chi connectivity index (χ1) is 6.94. The van der Waals surface area contributed by atoms with Crippen LogP contribution >= 0.6 is 0 Å². The summed E-state index contributed by atoms with van der Waals surface area (Å²) >= 11 is 0. The largest absolute Gasteiger partial charge is 0.389 e. The Morgan fingerprint density at radius 3 is 2.67 bits per heavy atom. The van der Waals surface area contributed by atoms with E-state index in [0.717, 1.165) is 7.05 Å². The molecule has 0 aromatic rings. The van der Waals surface area contributed by atoms with Gasteiger partial charge in [0.05, 0.1) is 0 Å². The van der Waals surface area contributed by atoms with Crippen LogP contribution in [0.3, 0.4) is 0 Å². The summed E-state index contributed by atoms with van der Waals surface area (Å²) in [6.07, 6.45) is 4.86. The van der Waals surface area contributed by atoms with Crippen LogP contribution in [0.1, 0.15) is 0 Å². The highest BCUT2D eigenvalue weighted by molar-refractivity contribution is 7.84. The summed E-state index contributed by atoms with van der Waals surface area (Å²) < 4.78 is 31.6. The number of rotatable bonds is 6. The Morgan fingerprint density at radius 1 is 1.60 bits per heavy atom. The summed E-state index contributed by atoms with van der Waals surface area (Å²) in [5.74, 6) is 0.870.